The molecular formula is C17H19F4NO2. The van der Waals surface area contributed by atoms with Crippen molar-refractivity contribution in [1.29, 1.82) is 0 Å². The topological polar surface area (TPSA) is 40.5 Å². The van der Waals surface area contributed by atoms with Gasteiger partial charge in [0.05, 0.1) is 0 Å². The molecule has 0 bridgehead atoms. The molecule has 24 heavy (non-hydrogen) atoms. The first-order chi connectivity index (χ1) is 11.2. The number of alkyl halides is 3. The van der Waals surface area contributed by atoms with Gasteiger partial charge < -0.3 is 10.0 Å². The number of allylic oxidation sites excluding steroid dienone is 1. The van der Waals surface area contributed by atoms with E-state index in [9.17, 15) is 27.5 Å². The van der Waals surface area contributed by atoms with Crippen LogP contribution in [0.2, 0.25) is 0 Å². The van der Waals surface area contributed by atoms with Crippen LogP contribution in [0.25, 0.3) is 5.57 Å². The Hall–Kier alpha value is -1.89. The summed E-state index contributed by atoms with van der Waals surface area (Å²) in [6, 6.07) is 5.82. The lowest BCUT2D eigenvalue weighted by atomic mass is 9.91. The van der Waals surface area contributed by atoms with Crippen molar-refractivity contribution in [3.63, 3.8) is 0 Å². The van der Waals surface area contributed by atoms with Crippen LogP contribution in [0.4, 0.5) is 17.6 Å². The third-order valence-electron chi connectivity index (χ3n) is 4.25. The van der Waals surface area contributed by atoms with Crippen molar-refractivity contribution in [1.82, 2.24) is 4.90 Å². The van der Waals surface area contributed by atoms with Crippen molar-refractivity contribution in [2.45, 2.75) is 32.0 Å². The summed E-state index contributed by atoms with van der Waals surface area (Å²) in [5, 5.41) is 9.28. The number of rotatable bonds is 3. The summed E-state index contributed by atoms with van der Waals surface area (Å²) in [7, 11) is 0. The van der Waals surface area contributed by atoms with E-state index in [0.29, 0.717) is 11.1 Å². The number of likely N-dealkylation sites (tertiary alicyclic amines) is 1. The van der Waals surface area contributed by atoms with Gasteiger partial charge in [0.2, 0.25) is 5.91 Å². The monoisotopic (exact) mass is 345 g/mol. The molecule has 1 fully saturated rings. The third kappa shape index (κ3) is 4.56. The molecule has 1 unspecified atom stereocenters. The van der Waals surface area contributed by atoms with Crippen LogP contribution in [-0.4, -0.2) is 41.3 Å². The molecule has 1 amide bonds. The number of carbonyl (C=O) groups is 1. The minimum Gasteiger partial charge on any atom is -0.383 e. The van der Waals surface area contributed by atoms with Crippen molar-refractivity contribution in [3.05, 3.63) is 41.7 Å². The average Bonchev–Trinajstić information content (AvgIpc) is 2.53. The standard InChI is InChI=1S/C17H19F4NO2/c1-11(13-3-2-4-14(18)10-13)9-15(23)22-7-5-12(6-8-22)16(24)17(19,20)21/h2-4,9-10,12,16,24H,5-8H2,1H3/b11-9-. The second-order valence-corrected chi connectivity index (χ2v) is 5.99. The van der Waals surface area contributed by atoms with Gasteiger partial charge in [-0.15, -0.1) is 0 Å². The maximum atomic E-state index is 13.2. The predicted molar refractivity (Wildman–Crippen MR) is 81.4 cm³/mol. The molecule has 1 heterocycles. The number of piperidine rings is 1. The lowest BCUT2D eigenvalue weighted by Gasteiger charge is -2.34. The summed E-state index contributed by atoms with van der Waals surface area (Å²) in [5.74, 6) is -1.62. The Kier molecular flexibility index (Phi) is 5.64. The smallest absolute Gasteiger partial charge is 0.383 e. The zero-order valence-corrected chi connectivity index (χ0v) is 13.2. The van der Waals surface area contributed by atoms with E-state index in [0.717, 1.165) is 0 Å². The first-order valence-corrected chi connectivity index (χ1v) is 7.66. The van der Waals surface area contributed by atoms with Crippen LogP contribution in [0.5, 0.6) is 0 Å². The van der Waals surface area contributed by atoms with Crippen LogP contribution in [0, 0.1) is 11.7 Å². The van der Waals surface area contributed by atoms with E-state index in [2.05, 4.69) is 0 Å². The molecule has 1 N–H and O–H groups in total. The molecule has 0 aromatic heterocycles. The van der Waals surface area contributed by atoms with Crippen molar-refractivity contribution >= 4 is 11.5 Å². The van der Waals surface area contributed by atoms with Gasteiger partial charge in [-0.2, -0.15) is 13.2 Å². The Morgan fingerprint density at radius 1 is 1.33 bits per heavy atom. The highest BCUT2D eigenvalue weighted by Crippen LogP contribution is 2.31. The highest BCUT2D eigenvalue weighted by Gasteiger charge is 2.44. The zero-order chi connectivity index (χ0) is 17.9. The van der Waals surface area contributed by atoms with E-state index in [1.165, 1.54) is 29.2 Å². The predicted octanol–water partition coefficient (Wildman–Crippen LogP) is 3.39. The molecule has 0 aliphatic carbocycles. The fourth-order valence-corrected chi connectivity index (χ4v) is 2.80. The summed E-state index contributed by atoms with van der Waals surface area (Å²) in [6.07, 6.45) is -5.43. The minimum absolute atomic E-state index is 0.0965. The Morgan fingerprint density at radius 3 is 2.50 bits per heavy atom. The Balaban J connectivity index is 1.97. The molecular weight excluding hydrogens is 326 g/mol. The van der Waals surface area contributed by atoms with Gasteiger partial charge in [0.15, 0.2) is 6.10 Å². The highest BCUT2D eigenvalue weighted by atomic mass is 19.4. The first-order valence-electron chi connectivity index (χ1n) is 7.66. The summed E-state index contributed by atoms with van der Waals surface area (Å²) in [5.41, 5.74) is 1.16. The van der Waals surface area contributed by atoms with Gasteiger partial charge in [0.1, 0.15) is 5.82 Å². The molecule has 1 aromatic carbocycles. The molecule has 1 aromatic rings. The lowest BCUT2D eigenvalue weighted by Crippen LogP contribution is -2.44. The Bertz CT molecular complexity index is 619. The highest BCUT2D eigenvalue weighted by molar-refractivity contribution is 5.94. The third-order valence-corrected chi connectivity index (χ3v) is 4.25. The van der Waals surface area contributed by atoms with Crippen molar-refractivity contribution in [2.24, 2.45) is 5.92 Å². The molecule has 1 saturated heterocycles. The second-order valence-electron chi connectivity index (χ2n) is 5.99. The molecule has 1 aliphatic heterocycles. The second kappa shape index (κ2) is 7.34. The van der Waals surface area contributed by atoms with E-state index in [-0.39, 0.29) is 31.8 Å². The van der Waals surface area contributed by atoms with Crippen molar-refractivity contribution < 1.29 is 27.5 Å². The van der Waals surface area contributed by atoms with Gasteiger partial charge in [-0.25, -0.2) is 4.39 Å². The summed E-state index contributed by atoms with van der Waals surface area (Å²) >= 11 is 0. The van der Waals surface area contributed by atoms with Gasteiger partial charge in [0, 0.05) is 19.2 Å². The molecule has 1 aliphatic rings. The number of aliphatic hydroxyl groups excluding tert-OH is 1. The van der Waals surface area contributed by atoms with Gasteiger partial charge in [-0.05, 0) is 49.0 Å². The van der Waals surface area contributed by atoms with Crippen LogP contribution in [0.15, 0.2) is 30.3 Å². The SMILES string of the molecule is C/C(=C/C(=O)N1CCC(C(O)C(F)(F)F)CC1)c1cccc(F)c1. The lowest BCUT2D eigenvalue weighted by molar-refractivity contribution is -0.222. The summed E-state index contributed by atoms with van der Waals surface area (Å²) in [4.78, 5) is 13.7. The van der Waals surface area contributed by atoms with E-state index in [1.54, 1.807) is 13.0 Å². The van der Waals surface area contributed by atoms with E-state index in [1.807, 2.05) is 0 Å². The number of amides is 1. The van der Waals surface area contributed by atoms with Crippen LogP contribution in [0.1, 0.15) is 25.3 Å². The maximum Gasteiger partial charge on any atom is 0.414 e. The molecule has 7 heteroatoms. The summed E-state index contributed by atoms with van der Waals surface area (Å²) < 4.78 is 50.7. The molecule has 0 saturated carbocycles. The largest absolute Gasteiger partial charge is 0.414 e. The fraction of sp³-hybridized carbons (Fsp3) is 0.471. The number of halogens is 4. The number of nitrogens with zero attached hydrogens (tertiary/aromatic N) is 1. The van der Waals surface area contributed by atoms with Crippen LogP contribution < -0.4 is 0 Å². The number of hydrogen-bond acceptors (Lipinski definition) is 2. The Morgan fingerprint density at radius 2 is 1.96 bits per heavy atom. The molecule has 1 atom stereocenters. The molecule has 2 rings (SSSR count). The number of aliphatic hydroxyl groups is 1. The van der Waals surface area contributed by atoms with E-state index >= 15 is 0 Å². The fourth-order valence-electron chi connectivity index (χ4n) is 2.80. The quantitative estimate of drug-likeness (QED) is 0.674. The van der Waals surface area contributed by atoms with Gasteiger partial charge >= 0.3 is 6.18 Å². The van der Waals surface area contributed by atoms with Gasteiger partial charge in [-0.3, -0.25) is 4.79 Å². The van der Waals surface area contributed by atoms with Crippen molar-refractivity contribution in [3.8, 4) is 0 Å². The zero-order valence-electron chi connectivity index (χ0n) is 13.2. The van der Waals surface area contributed by atoms with E-state index < -0.39 is 24.0 Å². The molecule has 0 spiro atoms. The first kappa shape index (κ1) is 18.4. The Labute approximate surface area is 137 Å². The molecule has 132 valence electrons. The molecule has 3 nitrogen and oxygen atoms in total. The minimum atomic E-state index is -4.63. The van der Waals surface area contributed by atoms with Crippen molar-refractivity contribution in [2.75, 3.05) is 13.1 Å². The number of benzene rings is 1. The number of hydrogen-bond donors (Lipinski definition) is 1. The maximum absolute atomic E-state index is 13.2. The van der Waals surface area contributed by atoms with Gasteiger partial charge in [-0.1, -0.05) is 12.1 Å². The normalized spacial score (nSPS) is 18.6. The molecule has 0 radical (unpaired) electrons. The van der Waals surface area contributed by atoms with Crippen LogP contribution >= 0.6 is 0 Å². The number of carbonyl (C=O) groups excluding carboxylic acids is 1. The summed E-state index contributed by atoms with van der Waals surface area (Å²) in [6.45, 7) is 1.99. The van der Waals surface area contributed by atoms with Crippen LogP contribution in [0.3, 0.4) is 0 Å². The van der Waals surface area contributed by atoms with Gasteiger partial charge in [0.25, 0.3) is 0 Å². The van der Waals surface area contributed by atoms with E-state index in [4.69, 9.17) is 0 Å². The van der Waals surface area contributed by atoms with Crippen LogP contribution in [-0.2, 0) is 4.79 Å². The average molecular weight is 345 g/mol.